The van der Waals surface area contributed by atoms with Gasteiger partial charge in [0.25, 0.3) is 5.91 Å². The third kappa shape index (κ3) is 3.59. The van der Waals surface area contributed by atoms with Gasteiger partial charge in [0.15, 0.2) is 0 Å². The number of benzene rings is 1. The van der Waals surface area contributed by atoms with E-state index in [2.05, 4.69) is 11.8 Å². The van der Waals surface area contributed by atoms with E-state index in [0.717, 1.165) is 12.1 Å². The Kier molecular flexibility index (Phi) is 4.24. The summed E-state index contributed by atoms with van der Waals surface area (Å²) in [5.74, 6) is 6.14. The SMILES string of the molecule is Cc1ccc(C#CCO)c(C(=O)N(C)CC2CC2)c1. The van der Waals surface area contributed by atoms with E-state index in [4.69, 9.17) is 5.11 Å². The van der Waals surface area contributed by atoms with Crippen molar-refractivity contribution in [2.45, 2.75) is 19.8 Å². The molecule has 0 atom stereocenters. The molecule has 3 heteroatoms. The molecule has 1 aromatic carbocycles. The van der Waals surface area contributed by atoms with Crippen molar-refractivity contribution in [3.8, 4) is 11.8 Å². The van der Waals surface area contributed by atoms with Crippen LogP contribution in [0, 0.1) is 24.7 Å². The summed E-state index contributed by atoms with van der Waals surface area (Å²) in [5.41, 5.74) is 2.36. The van der Waals surface area contributed by atoms with E-state index in [9.17, 15) is 4.79 Å². The van der Waals surface area contributed by atoms with Crippen molar-refractivity contribution < 1.29 is 9.90 Å². The monoisotopic (exact) mass is 257 g/mol. The lowest BCUT2D eigenvalue weighted by Crippen LogP contribution is -2.29. The molecule has 100 valence electrons. The van der Waals surface area contributed by atoms with Gasteiger partial charge in [0.1, 0.15) is 6.61 Å². The van der Waals surface area contributed by atoms with Crippen molar-refractivity contribution in [1.29, 1.82) is 0 Å². The van der Waals surface area contributed by atoms with Gasteiger partial charge < -0.3 is 10.0 Å². The molecule has 1 N–H and O–H groups in total. The van der Waals surface area contributed by atoms with Crippen molar-refractivity contribution in [2.24, 2.45) is 5.92 Å². The highest BCUT2D eigenvalue weighted by Gasteiger charge is 2.25. The van der Waals surface area contributed by atoms with Crippen molar-refractivity contribution >= 4 is 5.91 Å². The molecule has 1 aliphatic carbocycles. The Morgan fingerprint density at radius 3 is 2.84 bits per heavy atom. The van der Waals surface area contributed by atoms with E-state index < -0.39 is 0 Å². The summed E-state index contributed by atoms with van der Waals surface area (Å²) in [6.07, 6.45) is 2.45. The molecule has 2 rings (SSSR count). The molecule has 0 radical (unpaired) electrons. The molecule has 0 aliphatic heterocycles. The van der Waals surface area contributed by atoms with Crippen molar-refractivity contribution in [2.75, 3.05) is 20.2 Å². The second-order valence-electron chi connectivity index (χ2n) is 5.14. The van der Waals surface area contributed by atoms with Crippen molar-refractivity contribution in [3.05, 3.63) is 34.9 Å². The molecule has 0 bridgehead atoms. The molecular formula is C16H19NO2. The number of aliphatic hydroxyl groups is 1. The first kappa shape index (κ1) is 13.6. The minimum absolute atomic E-state index is 0.0119. The van der Waals surface area contributed by atoms with Crippen LogP contribution in [-0.4, -0.2) is 36.1 Å². The van der Waals surface area contributed by atoms with Crippen LogP contribution >= 0.6 is 0 Å². The second-order valence-corrected chi connectivity index (χ2v) is 5.14. The van der Waals surface area contributed by atoms with Crippen LogP contribution in [0.5, 0.6) is 0 Å². The van der Waals surface area contributed by atoms with E-state index in [1.807, 2.05) is 32.2 Å². The highest BCUT2D eigenvalue weighted by atomic mass is 16.2. The van der Waals surface area contributed by atoms with Crippen LogP contribution in [0.2, 0.25) is 0 Å². The quantitative estimate of drug-likeness (QED) is 0.839. The zero-order valence-corrected chi connectivity index (χ0v) is 11.4. The first-order chi connectivity index (χ1) is 9.11. The van der Waals surface area contributed by atoms with Crippen LogP contribution in [-0.2, 0) is 0 Å². The molecule has 0 unspecified atom stereocenters. The Morgan fingerprint density at radius 1 is 1.47 bits per heavy atom. The molecule has 0 spiro atoms. The van der Waals surface area contributed by atoms with E-state index in [-0.39, 0.29) is 12.5 Å². The lowest BCUT2D eigenvalue weighted by atomic mass is 10.0. The summed E-state index contributed by atoms with van der Waals surface area (Å²) in [6, 6.07) is 5.64. The van der Waals surface area contributed by atoms with Gasteiger partial charge in [-0.3, -0.25) is 4.79 Å². The van der Waals surface area contributed by atoms with E-state index in [0.29, 0.717) is 17.0 Å². The first-order valence-electron chi connectivity index (χ1n) is 6.57. The van der Waals surface area contributed by atoms with Crippen LogP contribution in [0.4, 0.5) is 0 Å². The van der Waals surface area contributed by atoms with Crippen molar-refractivity contribution in [3.63, 3.8) is 0 Å². The summed E-state index contributed by atoms with van der Waals surface area (Å²) in [7, 11) is 1.84. The Balaban J connectivity index is 2.24. The number of hydrogen-bond donors (Lipinski definition) is 1. The number of carbonyl (C=O) groups is 1. The average Bonchev–Trinajstić information content (AvgIpc) is 3.20. The third-order valence-electron chi connectivity index (χ3n) is 3.28. The zero-order chi connectivity index (χ0) is 13.8. The molecule has 19 heavy (non-hydrogen) atoms. The molecule has 1 aliphatic rings. The molecule has 3 nitrogen and oxygen atoms in total. The van der Waals surface area contributed by atoms with Gasteiger partial charge in [0.2, 0.25) is 0 Å². The average molecular weight is 257 g/mol. The zero-order valence-electron chi connectivity index (χ0n) is 11.4. The summed E-state index contributed by atoms with van der Waals surface area (Å²) in [6.45, 7) is 2.58. The smallest absolute Gasteiger partial charge is 0.254 e. The van der Waals surface area contributed by atoms with Gasteiger partial charge >= 0.3 is 0 Å². The largest absolute Gasteiger partial charge is 0.384 e. The maximum absolute atomic E-state index is 12.4. The number of carbonyl (C=O) groups excluding carboxylic acids is 1. The van der Waals surface area contributed by atoms with E-state index in [1.54, 1.807) is 4.90 Å². The Labute approximate surface area is 114 Å². The molecule has 1 fully saturated rings. The highest BCUT2D eigenvalue weighted by Crippen LogP contribution is 2.29. The molecule has 1 saturated carbocycles. The van der Waals surface area contributed by atoms with Gasteiger partial charge in [-0.25, -0.2) is 0 Å². The molecular weight excluding hydrogens is 238 g/mol. The van der Waals surface area contributed by atoms with Crippen LogP contribution in [0.3, 0.4) is 0 Å². The van der Waals surface area contributed by atoms with E-state index >= 15 is 0 Å². The summed E-state index contributed by atoms with van der Waals surface area (Å²) in [5, 5.41) is 8.78. The molecule has 0 heterocycles. The van der Waals surface area contributed by atoms with Gasteiger partial charge in [0, 0.05) is 19.2 Å². The molecule has 0 saturated heterocycles. The summed E-state index contributed by atoms with van der Waals surface area (Å²) in [4.78, 5) is 14.2. The summed E-state index contributed by atoms with van der Waals surface area (Å²) >= 11 is 0. The lowest BCUT2D eigenvalue weighted by Gasteiger charge is -2.18. The number of hydrogen-bond acceptors (Lipinski definition) is 2. The van der Waals surface area contributed by atoms with Gasteiger partial charge in [-0.2, -0.15) is 0 Å². The molecule has 1 amide bonds. The van der Waals surface area contributed by atoms with Gasteiger partial charge in [-0.15, -0.1) is 0 Å². The first-order valence-corrected chi connectivity index (χ1v) is 6.57. The van der Waals surface area contributed by atoms with Crippen LogP contribution in [0.15, 0.2) is 18.2 Å². The second kappa shape index (κ2) is 5.90. The fourth-order valence-electron chi connectivity index (χ4n) is 2.06. The maximum atomic E-state index is 12.4. The number of aliphatic hydroxyl groups excluding tert-OH is 1. The fraction of sp³-hybridized carbons (Fsp3) is 0.438. The van der Waals surface area contributed by atoms with Gasteiger partial charge in [0.05, 0.1) is 5.56 Å². The third-order valence-corrected chi connectivity index (χ3v) is 3.28. The topological polar surface area (TPSA) is 40.5 Å². The maximum Gasteiger partial charge on any atom is 0.254 e. The minimum Gasteiger partial charge on any atom is -0.384 e. The number of aryl methyl sites for hydroxylation is 1. The number of amides is 1. The van der Waals surface area contributed by atoms with E-state index in [1.165, 1.54) is 12.8 Å². The Morgan fingerprint density at radius 2 is 2.21 bits per heavy atom. The number of rotatable bonds is 3. The van der Waals surface area contributed by atoms with Gasteiger partial charge in [-0.05, 0) is 37.8 Å². The van der Waals surface area contributed by atoms with Gasteiger partial charge in [-0.1, -0.05) is 23.5 Å². The Bertz CT molecular complexity index is 535. The molecule has 1 aromatic rings. The van der Waals surface area contributed by atoms with Crippen LogP contribution in [0.1, 0.15) is 34.3 Å². The number of nitrogens with zero attached hydrogens (tertiary/aromatic N) is 1. The summed E-state index contributed by atoms with van der Waals surface area (Å²) < 4.78 is 0. The fourth-order valence-corrected chi connectivity index (χ4v) is 2.06. The van der Waals surface area contributed by atoms with Crippen LogP contribution < -0.4 is 0 Å². The van der Waals surface area contributed by atoms with Crippen molar-refractivity contribution in [1.82, 2.24) is 4.90 Å². The van der Waals surface area contributed by atoms with Crippen LogP contribution in [0.25, 0.3) is 0 Å². The molecule has 0 aromatic heterocycles. The lowest BCUT2D eigenvalue weighted by molar-refractivity contribution is 0.0788. The highest BCUT2D eigenvalue weighted by molar-refractivity contribution is 5.96. The predicted molar refractivity (Wildman–Crippen MR) is 74.8 cm³/mol. The Hall–Kier alpha value is -1.79. The predicted octanol–water partition coefficient (Wildman–Crippen LogP) is 1.82. The standard InChI is InChI=1S/C16H19NO2/c1-12-5-8-14(4-3-9-18)15(10-12)16(19)17(2)11-13-6-7-13/h5,8,10,13,18H,6-7,9,11H2,1-2H3. The minimum atomic E-state index is -0.195. The normalized spacial score (nSPS) is 13.6.